The molecule has 0 amide bonds. The van der Waals surface area contributed by atoms with E-state index in [0.717, 1.165) is 12.0 Å². The first-order valence-corrected chi connectivity index (χ1v) is 6.75. The van der Waals surface area contributed by atoms with Gasteiger partial charge in [0.15, 0.2) is 0 Å². The predicted molar refractivity (Wildman–Crippen MR) is 71.4 cm³/mol. The quantitative estimate of drug-likeness (QED) is 0.813. The zero-order valence-corrected chi connectivity index (χ0v) is 10.7. The Hall–Kier alpha value is -1.35. The van der Waals surface area contributed by atoms with Gasteiger partial charge in [0.1, 0.15) is 0 Å². The van der Waals surface area contributed by atoms with Crippen LogP contribution in [0.3, 0.4) is 0 Å². The minimum absolute atomic E-state index is 0.208. The molecule has 0 radical (unpaired) electrons. The molecule has 98 valence electrons. The maximum Gasteiger partial charge on any atom is 0.338 e. The van der Waals surface area contributed by atoms with Crippen LogP contribution in [0.1, 0.15) is 41.6 Å². The number of esters is 1. The number of nitrogens with two attached hydrogens (primary N) is 1. The number of carbonyl (C=O) groups is 1. The fourth-order valence-electron chi connectivity index (χ4n) is 2.47. The van der Waals surface area contributed by atoms with E-state index in [1.165, 1.54) is 25.7 Å². The van der Waals surface area contributed by atoms with Crippen molar-refractivity contribution < 1.29 is 9.53 Å². The molecule has 0 spiro atoms. The molecular formula is C15H21NO2. The fourth-order valence-corrected chi connectivity index (χ4v) is 2.47. The Labute approximate surface area is 108 Å². The van der Waals surface area contributed by atoms with E-state index in [1.54, 1.807) is 6.07 Å². The highest BCUT2D eigenvalue weighted by atomic mass is 16.5. The lowest BCUT2D eigenvalue weighted by atomic mass is 10.1. The van der Waals surface area contributed by atoms with Gasteiger partial charge in [0, 0.05) is 0 Å². The third kappa shape index (κ3) is 3.57. The maximum absolute atomic E-state index is 11.9. The highest BCUT2D eigenvalue weighted by molar-refractivity contribution is 5.89. The van der Waals surface area contributed by atoms with Crippen LogP contribution >= 0.6 is 0 Å². The molecule has 0 saturated heterocycles. The molecule has 18 heavy (non-hydrogen) atoms. The van der Waals surface area contributed by atoms with Crippen LogP contribution in [0.25, 0.3) is 0 Å². The van der Waals surface area contributed by atoms with Crippen LogP contribution in [0.4, 0.5) is 0 Å². The molecule has 0 heterocycles. The predicted octanol–water partition coefficient (Wildman–Crippen LogP) is 2.53. The smallest absolute Gasteiger partial charge is 0.338 e. The van der Waals surface area contributed by atoms with Crippen molar-refractivity contribution in [2.24, 2.45) is 11.7 Å². The van der Waals surface area contributed by atoms with E-state index in [4.69, 9.17) is 10.5 Å². The summed E-state index contributed by atoms with van der Waals surface area (Å²) in [5.41, 5.74) is 7.24. The van der Waals surface area contributed by atoms with Crippen LogP contribution in [0.15, 0.2) is 24.3 Å². The first-order chi connectivity index (χ1) is 8.79. The average molecular weight is 247 g/mol. The van der Waals surface area contributed by atoms with Gasteiger partial charge in [-0.15, -0.1) is 0 Å². The zero-order valence-electron chi connectivity index (χ0n) is 10.7. The molecule has 1 saturated carbocycles. The van der Waals surface area contributed by atoms with Crippen molar-refractivity contribution in [1.82, 2.24) is 0 Å². The molecule has 1 fully saturated rings. The Kier molecular flexibility index (Phi) is 4.76. The van der Waals surface area contributed by atoms with Crippen LogP contribution in [0.5, 0.6) is 0 Å². The number of ether oxygens (including phenoxy) is 1. The van der Waals surface area contributed by atoms with Crippen LogP contribution in [-0.4, -0.2) is 19.1 Å². The molecule has 2 rings (SSSR count). The van der Waals surface area contributed by atoms with Crippen molar-refractivity contribution in [2.75, 3.05) is 13.2 Å². The third-order valence-electron chi connectivity index (χ3n) is 3.52. The number of hydrogen-bond acceptors (Lipinski definition) is 3. The molecule has 3 nitrogen and oxygen atoms in total. The van der Waals surface area contributed by atoms with E-state index in [0.29, 0.717) is 24.6 Å². The number of rotatable bonds is 5. The van der Waals surface area contributed by atoms with Crippen LogP contribution in [0.2, 0.25) is 0 Å². The van der Waals surface area contributed by atoms with E-state index in [2.05, 4.69) is 0 Å². The number of carbonyl (C=O) groups excluding carboxylic acids is 1. The summed E-state index contributed by atoms with van der Waals surface area (Å²) >= 11 is 0. The van der Waals surface area contributed by atoms with Gasteiger partial charge in [-0.1, -0.05) is 25.0 Å². The molecule has 3 heteroatoms. The summed E-state index contributed by atoms with van der Waals surface area (Å²) in [5.74, 6) is 0.363. The van der Waals surface area contributed by atoms with Crippen molar-refractivity contribution in [2.45, 2.75) is 32.1 Å². The molecule has 1 aliphatic carbocycles. The zero-order chi connectivity index (χ0) is 12.8. The molecule has 2 N–H and O–H groups in total. The summed E-state index contributed by atoms with van der Waals surface area (Å²) in [4.78, 5) is 11.9. The molecule has 0 bridgehead atoms. The lowest BCUT2D eigenvalue weighted by molar-refractivity contribution is 0.0442. The van der Waals surface area contributed by atoms with Gasteiger partial charge in [-0.05, 0) is 49.4 Å². The number of benzene rings is 1. The minimum atomic E-state index is -0.208. The van der Waals surface area contributed by atoms with Crippen molar-refractivity contribution in [3.05, 3.63) is 35.4 Å². The van der Waals surface area contributed by atoms with E-state index in [-0.39, 0.29) is 5.97 Å². The van der Waals surface area contributed by atoms with Gasteiger partial charge in [-0.25, -0.2) is 4.79 Å². The van der Waals surface area contributed by atoms with Gasteiger partial charge in [-0.2, -0.15) is 0 Å². The Morgan fingerprint density at radius 1 is 1.33 bits per heavy atom. The molecular weight excluding hydrogens is 226 g/mol. The highest BCUT2D eigenvalue weighted by Crippen LogP contribution is 2.25. The van der Waals surface area contributed by atoms with Crippen LogP contribution in [0, 0.1) is 5.92 Å². The van der Waals surface area contributed by atoms with Crippen molar-refractivity contribution >= 4 is 5.97 Å². The molecule has 0 unspecified atom stereocenters. The summed E-state index contributed by atoms with van der Waals surface area (Å²) < 4.78 is 5.37. The second-order valence-corrected chi connectivity index (χ2v) is 4.99. The largest absolute Gasteiger partial charge is 0.462 e. The third-order valence-corrected chi connectivity index (χ3v) is 3.52. The van der Waals surface area contributed by atoms with Gasteiger partial charge in [0.2, 0.25) is 0 Å². The molecule has 1 aromatic carbocycles. The SMILES string of the molecule is NCCc1cccc(C(=O)OCC2CCCC2)c1. The normalized spacial score (nSPS) is 15.8. The lowest BCUT2D eigenvalue weighted by Crippen LogP contribution is -2.12. The second-order valence-electron chi connectivity index (χ2n) is 4.99. The van der Waals surface area contributed by atoms with Crippen LogP contribution < -0.4 is 5.73 Å². The van der Waals surface area contributed by atoms with Crippen molar-refractivity contribution in [3.8, 4) is 0 Å². The van der Waals surface area contributed by atoms with Crippen LogP contribution in [-0.2, 0) is 11.2 Å². The fraction of sp³-hybridized carbons (Fsp3) is 0.533. The first-order valence-electron chi connectivity index (χ1n) is 6.75. The van der Waals surface area contributed by atoms with E-state index < -0.39 is 0 Å². The van der Waals surface area contributed by atoms with Gasteiger partial charge in [-0.3, -0.25) is 0 Å². The van der Waals surface area contributed by atoms with Gasteiger partial charge in [0.05, 0.1) is 12.2 Å². The standard InChI is InChI=1S/C15H21NO2/c16-9-8-12-6-3-7-14(10-12)15(17)18-11-13-4-1-2-5-13/h3,6-7,10,13H,1-2,4-5,8-9,11,16H2. The first kappa shape index (κ1) is 13.1. The van der Waals surface area contributed by atoms with Gasteiger partial charge >= 0.3 is 5.97 Å². The number of hydrogen-bond donors (Lipinski definition) is 1. The Balaban J connectivity index is 1.89. The van der Waals surface area contributed by atoms with Crippen molar-refractivity contribution in [3.63, 3.8) is 0 Å². The molecule has 1 aliphatic rings. The summed E-state index contributed by atoms with van der Waals surface area (Å²) in [6.45, 7) is 1.17. The summed E-state index contributed by atoms with van der Waals surface area (Å²) in [6.07, 6.45) is 5.73. The minimum Gasteiger partial charge on any atom is -0.462 e. The Bertz CT molecular complexity index is 397. The van der Waals surface area contributed by atoms with E-state index in [9.17, 15) is 4.79 Å². The highest BCUT2D eigenvalue weighted by Gasteiger charge is 2.17. The monoisotopic (exact) mass is 247 g/mol. The van der Waals surface area contributed by atoms with E-state index >= 15 is 0 Å². The summed E-state index contributed by atoms with van der Waals surface area (Å²) in [6, 6.07) is 7.55. The lowest BCUT2D eigenvalue weighted by Gasteiger charge is -2.10. The van der Waals surface area contributed by atoms with Gasteiger partial charge in [0.25, 0.3) is 0 Å². The topological polar surface area (TPSA) is 52.3 Å². The molecule has 0 aromatic heterocycles. The summed E-state index contributed by atoms with van der Waals surface area (Å²) in [5, 5.41) is 0. The maximum atomic E-state index is 11.9. The second kappa shape index (κ2) is 6.55. The Morgan fingerprint density at radius 3 is 2.83 bits per heavy atom. The average Bonchev–Trinajstić information content (AvgIpc) is 2.90. The van der Waals surface area contributed by atoms with Crippen molar-refractivity contribution in [1.29, 1.82) is 0 Å². The Morgan fingerprint density at radius 2 is 2.11 bits per heavy atom. The van der Waals surface area contributed by atoms with E-state index in [1.807, 2.05) is 18.2 Å². The summed E-state index contributed by atoms with van der Waals surface area (Å²) in [7, 11) is 0. The molecule has 1 aromatic rings. The molecule has 0 aliphatic heterocycles. The molecule has 0 atom stereocenters. The van der Waals surface area contributed by atoms with Gasteiger partial charge < -0.3 is 10.5 Å².